The smallest absolute Gasteiger partial charge is 0.245 e. The molecule has 40 heavy (non-hydrogen) atoms. The molecule has 12 heteroatoms. The van der Waals surface area contributed by atoms with Gasteiger partial charge in [0.25, 0.3) is 0 Å². The van der Waals surface area contributed by atoms with E-state index in [1.54, 1.807) is 17.0 Å². The second kappa shape index (κ2) is 12.4. The number of carbonyl (C=O) groups excluding carboxylic acids is 3. The first-order valence-corrected chi connectivity index (χ1v) is 16.3. The maximum absolute atomic E-state index is 13.5. The number of hydroxylamine groups is 1. The van der Waals surface area contributed by atoms with E-state index in [2.05, 4.69) is 10.8 Å². The van der Waals surface area contributed by atoms with E-state index < -0.39 is 26.8 Å². The number of nitrogens with zero attached hydrogens (tertiary/aromatic N) is 1. The summed E-state index contributed by atoms with van der Waals surface area (Å²) >= 11 is 1.35. The highest BCUT2D eigenvalue weighted by Gasteiger charge is 2.49. The molecule has 1 aromatic heterocycles. The average molecular weight is 590 g/mol. The third-order valence-electron chi connectivity index (χ3n) is 7.72. The van der Waals surface area contributed by atoms with Gasteiger partial charge in [0.1, 0.15) is 4.75 Å². The highest BCUT2D eigenvalue weighted by atomic mass is 32.2. The summed E-state index contributed by atoms with van der Waals surface area (Å²) in [7, 11) is -3.61. The molecule has 1 unspecified atom stereocenters. The maximum Gasteiger partial charge on any atom is 0.245 e. The van der Waals surface area contributed by atoms with Crippen LogP contribution in [0.4, 0.5) is 5.69 Å². The first kappa shape index (κ1) is 28.7. The maximum atomic E-state index is 13.5. The standard InChI is InChI=1S/C28H35N3O7S2/c32-24(30-38-27-10-1-3-15-37-27)18-28(13-2-4-16-40(28,35)36)23-12-11-22(39-23)20-7-5-8-21(17-20)29-25(33)19-31-14-6-9-26(31)34/h5,7-8,11-12,17,27H,1-4,6,9-10,13-16,18-19H2,(H,29,33)(H,30,32)/t27?,28-/m0/s1. The van der Waals surface area contributed by atoms with Gasteiger partial charge in [-0.15, -0.1) is 11.3 Å². The molecule has 0 saturated carbocycles. The molecule has 0 spiro atoms. The van der Waals surface area contributed by atoms with E-state index in [9.17, 15) is 22.8 Å². The lowest BCUT2D eigenvalue weighted by Crippen LogP contribution is -2.45. The van der Waals surface area contributed by atoms with E-state index >= 15 is 0 Å². The van der Waals surface area contributed by atoms with E-state index in [0.717, 1.165) is 29.7 Å². The van der Waals surface area contributed by atoms with Crippen LogP contribution >= 0.6 is 11.3 Å². The fourth-order valence-electron chi connectivity index (χ4n) is 5.58. The van der Waals surface area contributed by atoms with Crippen molar-refractivity contribution in [1.29, 1.82) is 0 Å². The summed E-state index contributed by atoms with van der Waals surface area (Å²) in [6.45, 7) is 1.18. The van der Waals surface area contributed by atoms with Gasteiger partial charge < -0.3 is 15.0 Å². The Bertz CT molecular complexity index is 1350. The van der Waals surface area contributed by atoms with Crippen LogP contribution < -0.4 is 10.8 Å². The van der Waals surface area contributed by atoms with E-state index in [1.807, 2.05) is 24.3 Å². The van der Waals surface area contributed by atoms with E-state index in [-0.39, 0.29) is 30.5 Å². The molecule has 3 aliphatic rings. The van der Waals surface area contributed by atoms with Crippen molar-refractivity contribution in [1.82, 2.24) is 10.4 Å². The highest BCUT2D eigenvalue weighted by molar-refractivity contribution is 7.92. The molecular formula is C28H35N3O7S2. The van der Waals surface area contributed by atoms with Crippen LogP contribution in [0.2, 0.25) is 0 Å². The van der Waals surface area contributed by atoms with Gasteiger partial charge in [0, 0.05) is 41.4 Å². The Kier molecular flexibility index (Phi) is 8.89. The number of anilines is 1. The summed E-state index contributed by atoms with van der Waals surface area (Å²) in [5.41, 5.74) is 3.84. The monoisotopic (exact) mass is 589 g/mol. The summed E-state index contributed by atoms with van der Waals surface area (Å²) in [5, 5.41) is 2.86. The summed E-state index contributed by atoms with van der Waals surface area (Å²) in [5.74, 6) is -0.737. The quantitative estimate of drug-likeness (QED) is 0.426. The molecule has 3 fully saturated rings. The molecule has 4 heterocycles. The number of nitrogens with one attached hydrogen (secondary N) is 2. The summed E-state index contributed by atoms with van der Waals surface area (Å²) in [6.07, 6.45) is 4.69. The van der Waals surface area contributed by atoms with E-state index in [0.29, 0.717) is 55.8 Å². The predicted molar refractivity (Wildman–Crippen MR) is 151 cm³/mol. The SMILES string of the molecule is O=C(C[C@]1(c2ccc(-c3cccc(NC(=O)CN4CCCC4=O)c3)s2)CCCCS1(=O)=O)NOC1CCCCO1. The molecule has 10 nitrogen and oxygen atoms in total. The number of hydrogen-bond donors (Lipinski definition) is 2. The lowest BCUT2D eigenvalue weighted by Gasteiger charge is -2.35. The summed E-state index contributed by atoms with van der Waals surface area (Å²) in [4.78, 5) is 45.8. The Morgan fingerprint density at radius 3 is 2.73 bits per heavy atom. The van der Waals surface area contributed by atoms with E-state index in [4.69, 9.17) is 9.57 Å². The highest BCUT2D eigenvalue weighted by Crippen LogP contribution is 2.47. The van der Waals surface area contributed by atoms with E-state index in [1.165, 1.54) is 11.3 Å². The largest absolute Gasteiger partial charge is 0.350 e. The minimum atomic E-state index is -3.61. The normalized spacial score (nSPS) is 24.6. The molecular weight excluding hydrogens is 554 g/mol. The van der Waals surface area contributed by atoms with Crippen LogP contribution in [0.3, 0.4) is 0 Å². The number of sulfone groups is 1. The lowest BCUT2D eigenvalue weighted by atomic mass is 9.94. The zero-order chi connectivity index (χ0) is 28.2. The van der Waals surface area contributed by atoms with Crippen LogP contribution in [0, 0.1) is 0 Å². The molecule has 3 aliphatic heterocycles. The number of benzene rings is 1. The van der Waals surface area contributed by atoms with Crippen LogP contribution in [-0.4, -0.2) is 62.8 Å². The van der Waals surface area contributed by atoms with Gasteiger partial charge in [-0.25, -0.2) is 18.7 Å². The number of hydrogen-bond acceptors (Lipinski definition) is 8. The van der Waals surface area contributed by atoms with Gasteiger partial charge in [0.05, 0.1) is 18.7 Å². The molecule has 1 aromatic carbocycles. The number of ether oxygens (including phenoxy) is 1. The molecule has 216 valence electrons. The molecule has 2 atom stereocenters. The first-order chi connectivity index (χ1) is 19.3. The second-order valence-electron chi connectivity index (χ2n) is 10.6. The van der Waals surface area contributed by atoms with Gasteiger partial charge in [-0.05, 0) is 61.9 Å². The van der Waals surface area contributed by atoms with Crippen LogP contribution in [0.15, 0.2) is 36.4 Å². The Hall–Kier alpha value is -2.80. The molecule has 2 aromatic rings. The average Bonchev–Trinajstić information content (AvgIpc) is 3.59. The van der Waals surface area contributed by atoms with Crippen molar-refractivity contribution in [3.63, 3.8) is 0 Å². The lowest BCUT2D eigenvalue weighted by molar-refractivity contribution is -0.200. The van der Waals surface area contributed by atoms with Crippen molar-refractivity contribution in [3.8, 4) is 10.4 Å². The number of likely N-dealkylation sites (tertiary alicyclic amines) is 1. The fraction of sp³-hybridized carbons (Fsp3) is 0.536. The number of rotatable bonds is 9. The van der Waals surface area contributed by atoms with Crippen molar-refractivity contribution in [2.45, 2.75) is 68.8 Å². The van der Waals surface area contributed by atoms with Gasteiger partial charge in [-0.3, -0.25) is 14.4 Å². The third-order valence-corrected chi connectivity index (χ3v) is 11.8. The van der Waals surface area contributed by atoms with Crippen molar-refractivity contribution in [2.75, 3.05) is 30.8 Å². The minimum absolute atomic E-state index is 0.0100. The third kappa shape index (κ3) is 6.40. The Morgan fingerprint density at radius 2 is 1.98 bits per heavy atom. The molecule has 2 N–H and O–H groups in total. The van der Waals surface area contributed by atoms with Crippen LogP contribution in [-0.2, 0) is 38.5 Å². The Labute approximate surface area is 238 Å². The predicted octanol–water partition coefficient (Wildman–Crippen LogP) is 3.73. The van der Waals surface area contributed by atoms with Crippen molar-refractivity contribution in [3.05, 3.63) is 41.3 Å². The van der Waals surface area contributed by atoms with Gasteiger partial charge >= 0.3 is 0 Å². The minimum Gasteiger partial charge on any atom is -0.350 e. The number of amides is 3. The molecule has 3 saturated heterocycles. The topological polar surface area (TPSA) is 131 Å². The zero-order valence-electron chi connectivity index (χ0n) is 22.4. The summed E-state index contributed by atoms with van der Waals surface area (Å²) in [6, 6.07) is 11.0. The second-order valence-corrected chi connectivity index (χ2v) is 14.1. The molecule has 0 radical (unpaired) electrons. The van der Waals surface area contributed by atoms with Crippen LogP contribution in [0.5, 0.6) is 0 Å². The Balaban J connectivity index is 1.32. The van der Waals surface area contributed by atoms with Gasteiger partial charge in [0.15, 0.2) is 16.1 Å². The first-order valence-electron chi connectivity index (χ1n) is 13.8. The van der Waals surface area contributed by atoms with Crippen molar-refractivity contribution >= 4 is 44.6 Å². The molecule has 3 amide bonds. The Morgan fingerprint density at radius 1 is 1.10 bits per heavy atom. The van der Waals surface area contributed by atoms with Crippen LogP contribution in [0.25, 0.3) is 10.4 Å². The van der Waals surface area contributed by atoms with Gasteiger partial charge in [-0.2, -0.15) is 0 Å². The van der Waals surface area contributed by atoms with Crippen molar-refractivity contribution < 1.29 is 32.4 Å². The fourth-order valence-corrected chi connectivity index (χ4v) is 9.36. The molecule has 0 aliphatic carbocycles. The summed E-state index contributed by atoms with van der Waals surface area (Å²) < 4.78 is 31.2. The van der Waals surface area contributed by atoms with Gasteiger partial charge in [0.2, 0.25) is 17.7 Å². The van der Waals surface area contributed by atoms with Crippen molar-refractivity contribution in [2.24, 2.45) is 0 Å². The zero-order valence-corrected chi connectivity index (χ0v) is 24.0. The number of carbonyl (C=O) groups is 3. The van der Waals surface area contributed by atoms with Crippen LogP contribution in [0.1, 0.15) is 62.7 Å². The molecule has 5 rings (SSSR count). The van der Waals surface area contributed by atoms with Gasteiger partial charge in [-0.1, -0.05) is 18.6 Å². The molecule has 0 bridgehead atoms. The number of thiophene rings is 1.